The first-order chi connectivity index (χ1) is 12.9. The molecule has 1 aromatic carbocycles. The Labute approximate surface area is 160 Å². The minimum absolute atomic E-state index is 0.882. The molecule has 0 N–H and O–H groups in total. The van der Waals surface area contributed by atoms with Crippen molar-refractivity contribution in [2.75, 3.05) is 57.3 Å². The average molecular weight is 356 g/mol. The molecule has 3 heterocycles. The molecule has 0 amide bonds. The predicted octanol–water partition coefficient (Wildman–Crippen LogP) is 4.03. The molecule has 1 aromatic rings. The highest BCUT2D eigenvalue weighted by Gasteiger charge is 2.23. The molecular weight excluding hydrogens is 318 g/mol. The second-order valence-electron chi connectivity index (χ2n) is 8.72. The van der Waals surface area contributed by atoms with E-state index in [0.29, 0.717) is 0 Å². The Bertz CT molecular complexity index is 544. The monoisotopic (exact) mass is 355 g/mol. The fourth-order valence-electron chi connectivity index (χ4n) is 5.13. The van der Waals surface area contributed by atoms with Crippen LogP contribution in [0, 0.1) is 5.92 Å². The molecule has 0 radical (unpaired) electrons. The SMILES string of the molecule is c1ccc2c(c1)CCCCN2CC1CCN(CCN2CCCCC2)CC1. The largest absolute Gasteiger partial charge is 0.371 e. The van der Waals surface area contributed by atoms with Crippen LogP contribution < -0.4 is 4.90 Å². The summed E-state index contributed by atoms with van der Waals surface area (Å²) in [7, 11) is 0. The molecule has 0 atom stereocenters. The Morgan fingerprint density at radius 1 is 0.731 bits per heavy atom. The molecule has 144 valence electrons. The molecule has 0 unspecified atom stereocenters. The highest BCUT2D eigenvalue weighted by molar-refractivity contribution is 5.54. The Hall–Kier alpha value is -1.06. The second kappa shape index (κ2) is 9.23. The standard InChI is InChI=1S/C23H37N3/c1-5-13-24(14-6-1)18-19-25-16-11-21(12-17-25)20-26-15-7-4-9-22-8-2-3-10-23(22)26/h2-3,8,10,21H,1,4-7,9,11-20H2. The predicted molar refractivity (Wildman–Crippen MR) is 111 cm³/mol. The molecule has 3 aliphatic heterocycles. The van der Waals surface area contributed by atoms with E-state index in [-0.39, 0.29) is 0 Å². The van der Waals surface area contributed by atoms with Gasteiger partial charge in [-0.2, -0.15) is 0 Å². The van der Waals surface area contributed by atoms with Crippen molar-refractivity contribution in [3.8, 4) is 0 Å². The molecule has 4 rings (SSSR count). The van der Waals surface area contributed by atoms with E-state index in [1.807, 2.05) is 0 Å². The van der Waals surface area contributed by atoms with E-state index >= 15 is 0 Å². The number of hydrogen-bond acceptors (Lipinski definition) is 3. The summed E-state index contributed by atoms with van der Waals surface area (Å²) in [5, 5.41) is 0. The minimum atomic E-state index is 0.882. The third kappa shape index (κ3) is 4.80. The van der Waals surface area contributed by atoms with E-state index in [1.54, 1.807) is 5.56 Å². The topological polar surface area (TPSA) is 9.72 Å². The van der Waals surface area contributed by atoms with Crippen molar-refractivity contribution in [2.45, 2.75) is 51.4 Å². The van der Waals surface area contributed by atoms with Crippen LogP contribution in [0.25, 0.3) is 0 Å². The van der Waals surface area contributed by atoms with Gasteiger partial charge in [-0.3, -0.25) is 0 Å². The normalized spacial score (nSPS) is 23.6. The number of fused-ring (bicyclic) bond motifs is 1. The highest BCUT2D eigenvalue weighted by Crippen LogP contribution is 2.28. The summed E-state index contributed by atoms with van der Waals surface area (Å²) in [6.07, 6.45) is 11.0. The van der Waals surface area contributed by atoms with Crippen LogP contribution in [0.15, 0.2) is 24.3 Å². The van der Waals surface area contributed by atoms with Crippen molar-refractivity contribution in [3.63, 3.8) is 0 Å². The van der Waals surface area contributed by atoms with Crippen LogP contribution in [0.1, 0.15) is 50.5 Å². The van der Waals surface area contributed by atoms with Crippen LogP contribution in [0.2, 0.25) is 0 Å². The first-order valence-corrected chi connectivity index (χ1v) is 11.2. The van der Waals surface area contributed by atoms with Gasteiger partial charge in [0, 0.05) is 31.9 Å². The zero-order chi connectivity index (χ0) is 17.6. The number of benzene rings is 1. The van der Waals surface area contributed by atoms with E-state index < -0.39 is 0 Å². The zero-order valence-electron chi connectivity index (χ0n) is 16.5. The summed E-state index contributed by atoms with van der Waals surface area (Å²) in [6, 6.07) is 9.13. The van der Waals surface area contributed by atoms with Crippen LogP contribution in [0.5, 0.6) is 0 Å². The van der Waals surface area contributed by atoms with Gasteiger partial charge in [-0.1, -0.05) is 24.6 Å². The van der Waals surface area contributed by atoms with Crippen molar-refractivity contribution in [2.24, 2.45) is 5.92 Å². The number of rotatable bonds is 5. The molecule has 26 heavy (non-hydrogen) atoms. The van der Waals surface area contributed by atoms with E-state index in [1.165, 1.54) is 109 Å². The molecular formula is C23H37N3. The number of aryl methyl sites for hydroxylation is 1. The number of para-hydroxylation sites is 1. The number of nitrogens with zero attached hydrogens (tertiary/aromatic N) is 3. The molecule has 3 heteroatoms. The number of hydrogen-bond donors (Lipinski definition) is 0. The van der Waals surface area contributed by atoms with Gasteiger partial charge in [-0.05, 0) is 88.7 Å². The fourth-order valence-corrected chi connectivity index (χ4v) is 5.13. The summed E-state index contributed by atoms with van der Waals surface area (Å²) in [6.45, 7) is 10.4. The summed E-state index contributed by atoms with van der Waals surface area (Å²) in [4.78, 5) is 8.11. The fraction of sp³-hybridized carbons (Fsp3) is 0.739. The molecule has 0 aromatic heterocycles. The van der Waals surface area contributed by atoms with E-state index in [9.17, 15) is 0 Å². The van der Waals surface area contributed by atoms with E-state index in [4.69, 9.17) is 0 Å². The molecule has 2 saturated heterocycles. The van der Waals surface area contributed by atoms with Crippen molar-refractivity contribution in [1.29, 1.82) is 0 Å². The molecule has 3 nitrogen and oxygen atoms in total. The van der Waals surface area contributed by atoms with Crippen molar-refractivity contribution in [3.05, 3.63) is 29.8 Å². The van der Waals surface area contributed by atoms with Gasteiger partial charge in [0.25, 0.3) is 0 Å². The van der Waals surface area contributed by atoms with Crippen molar-refractivity contribution in [1.82, 2.24) is 9.80 Å². The van der Waals surface area contributed by atoms with Gasteiger partial charge in [0.05, 0.1) is 0 Å². The quantitative estimate of drug-likeness (QED) is 0.790. The Kier molecular flexibility index (Phi) is 6.50. The first-order valence-electron chi connectivity index (χ1n) is 11.2. The summed E-state index contributed by atoms with van der Waals surface area (Å²) >= 11 is 0. The Morgan fingerprint density at radius 2 is 1.42 bits per heavy atom. The summed E-state index contributed by atoms with van der Waals surface area (Å²) in [5.41, 5.74) is 3.10. The van der Waals surface area contributed by atoms with Gasteiger partial charge >= 0.3 is 0 Å². The van der Waals surface area contributed by atoms with Crippen LogP contribution in [0.3, 0.4) is 0 Å². The highest BCUT2D eigenvalue weighted by atomic mass is 15.2. The Balaban J connectivity index is 1.23. The number of likely N-dealkylation sites (tertiary alicyclic amines) is 2. The average Bonchev–Trinajstić information content (AvgIpc) is 2.91. The lowest BCUT2D eigenvalue weighted by molar-refractivity contribution is 0.147. The van der Waals surface area contributed by atoms with Crippen LogP contribution in [0.4, 0.5) is 5.69 Å². The second-order valence-corrected chi connectivity index (χ2v) is 8.72. The molecule has 0 saturated carbocycles. The van der Waals surface area contributed by atoms with Gasteiger partial charge in [-0.15, -0.1) is 0 Å². The maximum Gasteiger partial charge on any atom is 0.0398 e. The van der Waals surface area contributed by atoms with E-state index in [2.05, 4.69) is 39.0 Å². The smallest absolute Gasteiger partial charge is 0.0398 e. The van der Waals surface area contributed by atoms with Crippen LogP contribution >= 0.6 is 0 Å². The maximum absolute atomic E-state index is 2.72. The third-order valence-electron chi connectivity index (χ3n) is 6.82. The summed E-state index contributed by atoms with van der Waals surface area (Å²) < 4.78 is 0. The van der Waals surface area contributed by atoms with Crippen LogP contribution in [-0.2, 0) is 6.42 Å². The van der Waals surface area contributed by atoms with Gasteiger partial charge in [0.1, 0.15) is 0 Å². The van der Waals surface area contributed by atoms with Crippen molar-refractivity contribution < 1.29 is 0 Å². The lowest BCUT2D eigenvalue weighted by Crippen LogP contribution is -2.43. The maximum atomic E-state index is 2.72. The molecule has 2 fully saturated rings. The van der Waals surface area contributed by atoms with Crippen LogP contribution in [-0.4, -0.2) is 62.2 Å². The van der Waals surface area contributed by atoms with Gasteiger partial charge in [-0.25, -0.2) is 0 Å². The first kappa shape index (κ1) is 18.3. The molecule has 3 aliphatic rings. The van der Waals surface area contributed by atoms with Gasteiger partial charge in [0.15, 0.2) is 0 Å². The van der Waals surface area contributed by atoms with Gasteiger partial charge in [0.2, 0.25) is 0 Å². The van der Waals surface area contributed by atoms with Crippen molar-refractivity contribution >= 4 is 5.69 Å². The lowest BCUT2D eigenvalue weighted by atomic mass is 9.95. The van der Waals surface area contributed by atoms with Gasteiger partial charge < -0.3 is 14.7 Å². The number of piperidine rings is 2. The molecule has 0 bridgehead atoms. The Morgan fingerprint density at radius 3 is 2.23 bits per heavy atom. The zero-order valence-corrected chi connectivity index (χ0v) is 16.5. The molecule has 0 aliphatic carbocycles. The minimum Gasteiger partial charge on any atom is -0.371 e. The molecule has 0 spiro atoms. The lowest BCUT2D eigenvalue weighted by Gasteiger charge is -2.37. The van der Waals surface area contributed by atoms with E-state index in [0.717, 1.165) is 5.92 Å². The third-order valence-corrected chi connectivity index (χ3v) is 6.82. The number of anilines is 1. The summed E-state index contributed by atoms with van der Waals surface area (Å²) in [5.74, 6) is 0.882.